The Morgan fingerprint density at radius 1 is 1.30 bits per heavy atom. The molecule has 1 aliphatic rings. The van der Waals surface area contributed by atoms with E-state index in [1.54, 1.807) is 13.0 Å². The van der Waals surface area contributed by atoms with Crippen molar-refractivity contribution in [1.82, 2.24) is 15.2 Å². The van der Waals surface area contributed by atoms with Crippen molar-refractivity contribution in [1.29, 1.82) is 0 Å². The van der Waals surface area contributed by atoms with Gasteiger partial charge >= 0.3 is 0 Å². The minimum atomic E-state index is -3.79. The lowest BCUT2D eigenvalue weighted by Gasteiger charge is -2.11. The van der Waals surface area contributed by atoms with Crippen molar-refractivity contribution < 1.29 is 22.0 Å². The Kier molecular flexibility index (Phi) is 5.27. The van der Waals surface area contributed by atoms with Gasteiger partial charge in [-0.05, 0) is 43.0 Å². The van der Waals surface area contributed by atoms with E-state index < -0.39 is 38.7 Å². The third-order valence-corrected chi connectivity index (χ3v) is 6.43. The van der Waals surface area contributed by atoms with Gasteiger partial charge in [0.15, 0.2) is 17.2 Å². The van der Waals surface area contributed by atoms with Crippen LogP contribution in [0.15, 0.2) is 24.4 Å². The Bertz CT molecular complexity index is 1240. The second-order valence-corrected chi connectivity index (χ2v) is 9.27. The fraction of sp³-hybridized carbons (Fsp3) is 0.350. The summed E-state index contributed by atoms with van der Waals surface area (Å²) < 4.78 is 55.0. The molecule has 0 atom stereocenters. The van der Waals surface area contributed by atoms with Gasteiger partial charge in [-0.15, -0.1) is 0 Å². The van der Waals surface area contributed by atoms with Crippen LogP contribution in [0.5, 0.6) is 0 Å². The minimum absolute atomic E-state index is 0.215. The van der Waals surface area contributed by atoms with Crippen LogP contribution in [0.25, 0.3) is 11.0 Å². The lowest BCUT2D eigenvalue weighted by atomic mass is 10.0. The number of H-pyrrole nitrogens is 1. The van der Waals surface area contributed by atoms with E-state index in [1.165, 1.54) is 6.20 Å². The molecule has 2 heterocycles. The highest BCUT2D eigenvalue weighted by Gasteiger charge is 2.28. The summed E-state index contributed by atoms with van der Waals surface area (Å²) in [6, 6.07) is 3.60. The van der Waals surface area contributed by atoms with Crippen LogP contribution in [0.4, 0.5) is 14.5 Å². The van der Waals surface area contributed by atoms with Gasteiger partial charge in [0.1, 0.15) is 5.82 Å². The largest absolute Gasteiger partial charge is 0.294 e. The lowest BCUT2D eigenvalue weighted by Crippen LogP contribution is -2.19. The third-order valence-electron chi connectivity index (χ3n) is 4.95. The van der Waals surface area contributed by atoms with Gasteiger partial charge in [0.25, 0.3) is 0 Å². The van der Waals surface area contributed by atoms with Gasteiger partial charge in [0.2, 0.25) is 10.0 Å². The van der Waals surface area contributed by atoms with E-state index >= 15 is 0 Å². The number of fused-ring (bicyclic) bond motifs is 1. The highest BCUT2D eigenvalue weighted by Crippen LogP contribution is 2.41. The third kappa shape index (κ3) is 4.04. The number of pyridine rings is 1. The van der Waals surface area contributed by atoms with Gasteiger partial charge in [0.05, 0.1) is 17.0 Å². The van der Waals surface area contributed by atoms with Crippen LogP contribution in [0.1, 0.15) is 53.7 Å². The second-order valence-electron chi connectivity index (χ2n) is 7.43. The summed E-state index contributed by atoms with van der Waals surface area (Å²) in [4.78, 5) is 16.9. The molecule has 0 amide bonds. The number of carbonyl (C=O) groups is 1. The molecule has 0 unspecified atom stereocenters. The number of rotatable bonds is 8. The zero-order chi connectivity index (χ0) is 21.5. The first-order valence-corrected chi connectivity index (χ1v) is 11.3. The molecule has 7 nitrogen and oxygen atoms in total. The van der Waals surface area contributed by atoms with Crippen molar-refractivity contribution in [3.05, 3.63) is 52.9 Å². The normalized spacial score (nSPS) is 14.2. The van der Waals surface area contributed by atoms with Crippen molar-refractivity contribution in [2.24, 2.45) is 0 Å². The van der Waals surface area contributed by atoms with E-state index in [9.17, 15) is 22.0 Å². The predicted molar refractivity (Wildman–Crippen MR) is 108 cm³/mol. The SMILES string of the molecule is CCCS(=O)(=O)Nc1ccc(F)c(C(=O)Cc2cnc3n[nH]c(C4CC4)c3c2)c1F. The topological polar surface area (TPSA) is 105 Å². The molecule has 1 saturated carbocycles. The number of aromatic amines is 1. The number of anilines is 1. The number of benzene rings is 1. The maximum atomic E-state index is 14.8. The summed E-state index contributed by atoms with van der Waals surface area (Å²) in [6.45, 7) is 1.66. The molecule has 1 aliphatic carbocycles. The smallest absolute Gasteiger partial charge is 0.232 e. The quantitative estimate of drug-likeness (QED) is 0.526. The van der Waals surface area contributed by atoms with Crippen LogP contribution < -0.4 is 4.72 Å². The molecule has 4 rings (SSSR count). The number of nitrogens with one attached hydrogen (secondary N) is 2. The molecule has 158 valence electrons. The molecular weight excluding hydrogens is 414 g/mol. The summed E-state index contributed by atoms with van der Waals surface area (Å²) in [5, 5.41) is 7.90. The van der Waals surface area contributed by atoms with E-state index in [0.29, 0.717) is 23.5 Å². The van der Waals surface area contributed by atoms with Crippen molar-refractivity contribution in [2.75, 3.05) is 10.5 Å². The summed E-state index contributed by atoms with van der Waals surface area (Å²) >= 11 is 0. The number of nitrogens with zero attached hydrogens (tertiary/aromatic N) is 2. The Morgan fingerprint density at radius 3 is 2.77 bits per heavy atom. The number of hydrogen-bond donors (Lipinski definition) is 2. The zero-order valence-electron chi connectivity index (χ0n) is 16.2. The second kappa shape index (κ2) is 7.75. The van der Waals surface area contributed by atoms with Crippen LogP contribution in [-0.4, -0.2) is 35.1 Å². The number of halogens is 2. The summed E-state index contributed by atoms with van der Waals surface area (Å²) in [7, 11) is -3.79. The van der Waals surface area contributed by atoms with Crippen LogP contribution >= 0.6 is 0 Å². The highest BCUT2D eigenvalue weighted by molar-refractivity contribution is 7.92. The summed E-state index contributed by atoms with van der Waals surface area (Å²) in [5.74, 6) is -2.90. The highest BCUT2D eigenvalue weighted by atomic mass is 32.2. The Labute approximate surface area is 172 Å². The van der Waals surface area contributed by atoms with Gasteiger partial charge < -0.3 is 0 Å². The van der Waals surface area contributed by atoms with Crippen molar-refractivity contribution in [2.45, 2.75) is 38.5 Å². The number of aromatic nitrogens is 3. The Hall–Kier alpha value is -2.88. The molecular formula is C20H20F2N4O3S. The first-order valence-electron chi connectivity index (χ1n) is 9.63. The summed E-state index contributed by atoms with van der Waals surface area (Å²) in [6.07, 6.45) is 3.60. The van der Waals surface area contributed by atoms with Crippen LogP contribution in [0.3, 0.4) is 0 Å². The minimum Gasteiger partial charge on any atom is -0.294 e. The van der Waals surface area contributed by atoms with E-state index in [4.69, 9.17) is 0 Å². The van der Waals surface area contributed by atoms with Crippen LogP contribution in [0, 0.1) is 11.6 Å². The van der Waals surface area contributed by atoms with E-state index in [0.717, 1.165) is 36.1 Å². The van der Waals surface area contributed by atoms with Gasteiger partial charge in [0, 0.05) is 29.6 Å². The number of carbonyl (C=O) groups excluding carboxylic acids is 1. The Morgan fingerprint density at radius 2 is 2.07 bits per heavy atom. The van der Waals surface area contributed by atoms with E-state index in [2.05, 4.69) is 19.9 Å². The van der Waals surface area contributed by atoms with Crippen molar-refractivity contribution >= 4 is 32.5 Å². The van der Waals surface area contributed by atoms with Gasteiger partial charge in [-0.25, -0.2) is 22.2 Å². The fourth-order valence-electron chi connectivity index (χ4n) is 3.39. The molecule has 1 aromatic carbocycles. The molecule has 1 fully saturated rings. The number of sulfonamides is 1. The van der Waals surface area contributed by atoms with E-state index in [1.807, 2.05) is 0 Å². The molecule has 0 bridgehead atoms. The molecule has 10 heteroatoms. The lowest BCUT2D eigenvalue weighted by molar-refractivity contribution is 0.0985. The molecule has 3 aromatic rings. The molecule has 0 spiro atoms. The first-order chi connectivity index (χ1) is 14.3. The average Bonchev–Trinajstić information content (AvgIpc) is 3.43. The van der Waals surface area contributed by atoms with Gasteiger partial charge in [-0.2, -0.15) is 5.10 Å². The van der Waals surface area contributed by atoms with Crippen LogP contribution in [-0.2, 0) is 16.4 Å². The molecule has 2 N–H and O–H groups in total. The zero-order valence-corrected chi connectivity index (χ0v) is 17.0. The standard InChI is InChI=1S/C20H20F2N4O3S/c1-2-7-30(28,29)26-15-6-5-14(21)17(18(15)22)16(27)9-11-8-13-19(12-3-4-12)24-25-20(13)23-10-11/h5-6,8,10,12,26H,2-4,7,9H2,1H3,(H,23,24,25). The fourth-order valence-corrected chi connectivity index (χ4v) is 4.52. The monoisotopic (exact) mass is 434 g/mol. The maximum absolute atomic E-state index is 14.8. The Balaban J connectivity index is 1.62. The molecule has 0 saturated heterocycles. The molecule has 30 heavy (non-hydrogen) atoms. The summed E-state index contributed by atoms with van der Waals surface area (Å²) in [5.41, 5.74) is 0.745. The van der Waals surface area contributed by atoms with Gasteiger partial charge in [-0.3, -0.25) is 14.6 Å². The molecule has 0 radical (unpaired) electrons. The molecule has 0 aliphatic heterocycles. The van der Waals surface area contributed by atoms with Gasteiger partial charge in [-0.1, -0.05) is 6.92 Å². The average molecular weight is 434 g/mol. The molecule has 2 aromatic heterocycles. The van der Waals surface area contributed by atoms with E-state index in [-0.39, 0.29) is 12.2 Å². The van der Waals surface area contributed by atoms with Crippen molar-refractivity contribution in [3.63, 3.8) is 0 Å². The van der Waals surface area contributed by atoms with Crippen molar-refractivity contribution in [3.8, 4) is 0 Å². The number of ketones is 1. The number of hydrogen-bond acceptors (Lipinski definition) is 5. The first kappa shape index (κ1) is 20.4. The number of Topliss-reactive ketones (excluding diaryl/α,β-unsaturated/α-hetero) is 1. The van der Waals surface area contributed by atoms with Crippen LogP contribution in [0.2, 0.25) is 0 Å². The predicted octanol–water partition coefficient (Wildman–Crippen LogP) is 3.69. The maximum Gasteiger partial charge on any atom is 0.232 e.